The number of hydrogen-bond donors (Lipinski definition) is 0. The van der Waals surface area contributed by atoms with E-state index < -0.39 is 0 Å². The van der Waals surface area contributed by atoms with Gasteiger partial charge >= 0.3 is 0 Å². The maximum atomic E-state index is 6.19. The molecule has 6 heterocycles. The van der Waals surface area contributed by atoms with Gasteiger partial charge < -0.3 is 18.1 Å². The monoisotopic (exact) mass is 789 g/mol. The lowest BCUT2D eigenvalue weighted by atomic mass is 9.65. The van der Waals surface area contributed by atoms with Gasteiger partial charge in [-0.25, -0.2) is 0 Å². The molecule has 61 heavy (non-hydrogen) atoms. The standard InChI is InChI=1S/C55H43N5O/c1-34(2)58-50-22-18-37(32-44(50)54-51(58)15-10-27-57-54)59-46-13-6-4-11-39(46)41-29-35(16-20-48(41)59)55(25-8-3-9-26-55)36-17-21-49-42(30-36)40-12-5-7-14-47(40)60(49)38-19-23-52-43(31-38)45-33-56-28-24-53(45)61-52/h4-7,10-24,27-34H,3,8-9,25-26H2,1-2H3. The first-order valence-corrected chi connectivity index (χ1v) is 21.8. The summed E-state index contributed by atoms with van der Waals surface area (Å²) in [7, 11) is 0. The van der Waals surface area contributed by atoms with E-state index in [1.165, 1.54) is 90.4 Å². The Morgan fingerprint density at radius 3 is 1.77 bits per heavy atom. The second-order valence-corrected chi connectivity index (χ2v) is 17.5. The first-order valence-electron chi connectivity index (χ1n) is 21.8. The maximum absolute atomic E-state index is 6.19. The molecular formula is C55H43N5O. The quantitative estimate of drug-likeness (QED) is 0.174. The molecule has 1 aliphatic carbocycles. The Labute approximate surface area is 352 Å². The molecule has 0 spiro atoms. The number of furan rings is 1. The van der Waals surface area contributed by atoms with Gasteiger partial charge in [-0.05, 0) is 129 Å². The zero-order valence-electron chi connectivity index (χ0n) is 34.3. The average molecular weight is 790 g/mol. The molecule has 0 radical (unpaired) electrons. The third-order valence-electron chi connectivity index (χ3n) is 14.0. The number of hydrogen-bond acceptors (Lipinski definition) is 3. The predicted octanol–water partition coefficient (Wildman–Crippen LogP) is 14.5. The molecular weight excluding hydrogens is 747 g/mol. The van der Waals surface area contributed by atoms with Gasteiger partial charge in [-0.3, -0.25) is 9.97 Å². The molecule has 13 rings (SSSR count). The molecule has 0 saturated heterocycles. The highest BCUT2D eigenvalue weighted by Gasteiger charge is 2.37. The lowest BCUT2D eigenvalue weighted by Gasteiger charge is -2.39. The first-order chi connectivity index (χ1) is 30.1. The third kappa shape index (κ3) is 4.90. The molecule has 6 aromatic carbocycles. The minimum Gasteiger partial charge on any atom is -0.456 e. The number of para-hydroxylation sites is 2. The van der Waals surface area contributed by atoms with E-state index in [4.69, 9.17) is 9.40 Å². The van der Waals surface area contributed by atoms with Crippen LogP contribution in [0.1, 0.15) is 63.1 Å². The van der Waals surface area contributed by atoms with Crippen LogP contribution in [0.15, 0.2) is 163 Å². The van der Waals surface area contributed by atoms with Crippen LogP contribution in [-0.2, 0) is 5.41 Å². The van der Waals surface area contributed by atoms with Gasteiger partial charge in [0.1, 0.15) is 11.2 Å². The summed E-state index contributed by atoms with van der Waals surface area (Å²) in [5.74, 6) is 0. The summed E-state index contributed by atoms with van der Waals surface area (Å²) in [6, 6.07) is 52.5. The number of aromatic nitrogens is 5. The Morgan fingerprint density at radius 1 is 0.492 bits per heavy atom. The molecule has 6 aromatic heterocycles. The summed E-state index contributed by atoms with van der Waals surface area (Å²) in [6.07, 6.45) is 11.6. The van der Waals surface area contributed by atoms with E-state index >= 15 is 0 Å². The van der Waals surface area contributed by atoms with Gasteiger partial charge in [-0.1, -0.05) is 67.8 Å². The van der Waals surface area contributed by atoms with E-state index in [2.05, 4.69) is 160 Å². The van der Waals surface area contributed by atoms with Gasteiger partial charge in [0.15, 0.2) is 0 Å². The van der Waals surface area contributed by atoms with Crippen molar-refractivity contribution in [2.24, 2.45) is 0 Å². The normalized spacial score (nSPS) is 14.7. The highest BCUT2D eigenvalue weighted by molar-refractivity contribution is 6.13. The Morgan fingerprint density at radius 2 is 1.08 bits per heavy atom. The highest BCUT2D eigenvalue weighted by atomic mass is 16.3. The van der Waals surface area contributed by atoms with Crippen molar-refractivity contribution in [3.63, 3.8) is 0 Å². The Kier molecular flexibility index (Phi) is 7.33. The maximum Gasteiger partial charge on any atom is 0.138 e. The van der Waals surface area contributed by atoms with Crippen molar-refractivity contribution >= 4 is 87.5 Å². The van der Waals surface area contributed by atoms with Crippen LogP contribution in [0.5, 0.6) is 0 Å². The van der Waals surface area contributed by atoms with E-state index in [1.54, 1.807) is 6.20 Å². The zero-order chi connectivity index (χ0) is 40.4. The van der Waals surface area contributed by atoms with E-state index in [1.807, 2.05) is 24.5 Å². The number of nitrogens with zero attached hydrogens (tertiary/aromatic N) is 5. The zero-order valence-corrected chi connectivity index (χ0v) is 34.3. The summed E-state index contributed by atoms with van der Waals surface area (Å²) in [4.78, 5) is 9.31. The molecule has 1 aliphatic rings. The fourth-order valence-electron chi connectivity index (χ4n) is 11.3. The second kappa shape index (κ2) is 12.9. The van der Waals surface area contributed by atoms with Gasteiger partial charge in [-0.15, -0.1) is 0 Å². The van der Waals surface area contributed by atoms with Crippen molar-refractivity contribution in [1.29, 1.82) is 0 Å². The largest absolute Gasteiger partial charge is 0.456 e. The van der Waals surface area contributed by atoms with Crippen molar-refractivity contribution in [2.45, 2.75) is 57.4 Å². The van der Waals surface area contributed by atoms with Crippen LogP contribution >= 0.6 is 0 Å². The van der Waals surface area contributed by atoms with Crippen LogP contribution in [0.25, 0.3) is 98.9 Å². The molecule has 12 aromatic rings. The van der Waals surface area contributed by atoms with Gasteiger partial charge in [-0.2, -0.15) is 0 Å². The van der Waals surface area contributed by atoms with Crippen LogP contribution in [0, 0.1) is 0 Å². The summed E-state index contributed by atoms with van der Waals surface area (Å²) >= 11 is 0. The predicted molar refractivity (Wildman–Crippen MR) is 252 cm³/mol. The van der Waals surface area contributed by atoms with Crippen molar-refractivity contribution in [3.05, 3.63) is 169 Å². The molecule has 1 fully saturated rings. The van der Waals surface area contributed by atoms with Crippen LogP contribution in [0.2, 0.25) is 0 Å². The number of pyridine rings is 2. The molecule has 0 aliphatic heterocycles. The Balaban J connectivity index is 0.986. The number of benzene rings is 6. The van der Waals surface area contributed by atoms with Crippen molar-refractivity contribution in [1.82, 2.24) is 23.7 Å². The molecule has 6 nitrogen and oxygen atoms in total. The van der Waals surface area contributed by atoms with Gasteiger partial charge in [0.2, 0.25) is 0 Å². The third-order valence-corrected chi connectivity index (χ3v) is 14.0. The molecule has 0 amide bonds. The minimum atomic E-state index is -0.0993. The second-order valence-electron chi connectivity index (χ2n) is 17.5. The molecule has 0 bridgehead atoms. The van der Waals surface area contributed by atoms with E-state index in [9.17, 15) is 0 Å². The summed E-state index contributed by atoms with van der Waals surface area (Å²) in [5.41, 5.74) is 15.1. The fourth-order valence-corrected chi connectivity index (χ4v) is 11.3. The van der Waals surface area contributed by atoms with Gasteiger partial charge in [0, 0.05) is 79.1 Å². The van der Waals surface area contributed by atoms with Crippen molar-refractivity contribution in [3.8, 4) is 11.4 Å². The number of rotatable bonds is 5. The molecule has 294 valence electrons. The first kappa shape index (κ1) is 34.7. The molecule has 0 N–H and O–H groups in total. The van der Waals surface area contributed by atoms with Crippen LogP contribution in [0.3, 0.4) is 0 Å². The van der Waals surface area contributed by atoms with Crippen molar-refractivity contribution in [2.75, 3.05) is 0 Å². The molecule has 6 heteroatoms. The Hall–Kier alpha value is -7.18. The SMILES string of the molecule is CC(C)n1c2ccc(-n3c4ccccc4c4cc(C5(c6ccc7c(c6)c6ccccc6n7-c6ccc7oc8ccncc8c7c6)CCCCC5)ccc43)cc2c2ncccc21. The fraction of sp³-hybridized carbons (Fsp3) is 0.164. The summed E-state index contributed by atoms with van der Waals surface area (Å²) in [6.45, 7) is 4.51. The van der Waals surface area contributed by atoms with E-state index in [-0.39, 0.29) is 5.41 Å². The summed E-state index contributed by atoms with van der Waals surface area (Å²) < 4.78 is 13.5. The van der Waals surface area contributed by atoms with Crippen molar-refractivity contribution < 1.29 is 4.42 Å². The number of fused-ring (bicyclic) bond motifs is 12. The molecule has 0 atom stereocenters. The van der Waals surface area contributed by atoms with E-state index in [0.29, 0.717) is 6.04 Å². The van der Waals surface area contributed by atoms with Crippen LogP contribution in [0.4, 0.5) is 0 Å². The topological polar surface area (TPSA) is 53.7 Å². The highest BCUT2D eigenvalue weighted by Crippen LogP contribution is 2.48. The summed E-state index contributed by atoms with van der Waals surface area (Å²) in [5, 5.41) is 8.45. The minimum absolute atomic E-state index is 0.0993. The van der Waals surface area contributed by atoms with E-state index in [0.717, 1.165) is 51.7 Å². The molecule has 1 saturated carbocycles. The average Bonchev–Trinajstić information content (AvgIpc) is 4.05. The van der Waals surface area contributed by atoms with Crippen LogP contribution in [-0.4, -0.2) is 23.7 Å². The Bertz CT molecular complexity index is 3740. The van der Waals surface area contributed by atoms with Gasteiger partial charge in [0.05, 0.1) is 38.6 Å². The molecule has 0 unspecified atom stereocenters. The lowest BCUT2D eigenvalue weighted by molar-refractivity contribution is 0.346. The van der Waals surface area contributed by atoms with Crippen LogP contribution < -0.4 is 0 Å². The van der Waals surface area contributed by atoms with Gasteiger partial charge in [0.25, 0.3) is 0 Å². The smallest absolute Gasteiger partial charge is 0.138 e. The lowest BCUT2D eigenvalue weighted by Crippen LogP contribution is -2.30.